The first-order valence-electron chi connectivity index (χ1n) is 8.07. The first-order chi connectivity index (χ1) is 12.9. The average Bonchev–Trinajstić information content (AvgIpc) is 2.66. The van der Waals surface area contributed by atoms with Gasteiger partial charge in [-0.25, -0.2) is 8.78 Å². The molecule has 0 aliphatic heterocycles. The first-order valence-corrected chi connectivity index (χ1v) is 8.07. The van der Waals surface area contributed by atoms with E-state index in [1.165, 1.54) is 6.07 Å². The lowest BCUT2D eigenvalue weighted by Gasteiger charge is -2.13. The highest BCUT2D eigenvalue weighted by Gasteiger charge is 2.11. The van der Waals surface area contributed by atoms with Gasteiger partial charge >= 0.3 is 0 Å². The predicted octanol–water partition coefficient (Wildman–Crippen LogP) is 3.82. The second-order valence-corrected chi connectivity index (χ2v) is 5.95. The number of amides is 1. The number of hydrogen-bond acceptors (Lipinski definition) is 5. The van der Waals surface area contributed by atoms with E-state index in [0.29, 0.717) is 5.82 Å². The number of aromatic nitrogens is 2. The van der Waals surface area contributed by atoms with Crippen LogP contribution in [-0.4, -0.2) is 30.2 Å². The Balaban J connectivity index is 1.64. The van der Waals surface area contributed by atoms with E-state index in [1.807, 2.05) is 43.3 Å². The zero-order chi connectivity index (χ0) is 19.4. The summed E-state index contributed by atoms with van der Waals surface area (Å²) in [4.78, 5) is 14.0. The van der Waals surface area contributed by atoms with Gasteiger partial charge in [0, 0.05) is 31.0 Å². The molecule has 0 unspecified atom stereocenters. The molecule has 6 nitrogen and oxygen atoms in total. The Morgan fingerprint density at radius 3 is 2.15 bits per heavy atom. The highest BCUT2D eigenvalue weighted by molar-refractivity contribution is 6.03. The Hall–Kier alpha value is -3.55. The van der Waals surface area contributed by atoms with E-state index < -0.39 is 17.5 Å². The topological polar surface area (TPSA) is 70.2 Å². The molecule has 1 heterocycles. The number of halogens is 2. The van der Waals surface area contributed by atoms with E-state index >= 15 is 0 Å². The number of nitrogens with zero attached hydrogens (tertiary/aromatic N) is 3. The van der Waals surface area contributed by atoms with Crippen molar-refractivity contribution in [1.29, 1.82) is 0 Å². The molecule has 0 spiro atoms. The second-order valence-electron chi connectivity index (χ2n) is 5.95. The van der Waals surface area contributed by atoms with Crippen LogP contribution in [-0.2, 0) is 0 Å². The summed E-state index contributed by atoms with van der Waals surface area (Å²) in [6.07, 6.45) is 0. The van der Waals surface area contributed by atoms with Crippen molar-refractivity contribution in [1.82, 2.24) is 10.2 Å². The zero-order valence-corrected chi connectivity index (χ0v) is 14.7. The van der Waals surface area contributed by atoms with Crippen molar-refractivity contribution in [2.45, 2.75) is 0 Å². The third kappa shape index (κ3) is 4.55. The summed E-state index contributed by atoms with van der Waals surface area (Å²) in [5, 5.41) is 13.5. The molecular formula is C19H17F2N5O. The maximum Gasteiger partial charge on any atom is 0.256 e. The zero-order valence-electron chi connectivity index (χ0n) is 14.7. The second kappa shape index (κ2) is 7.77. The molecular weight excluding hydrogens is 352 g/mol. The van der Waals surface area contributed by atoms with Crippen LogP contribution in [0.4, 0.5) is 31.8 Å². The average molecular weight is 369 g/mol. The molecule has 2 aromatic carbocycles. The van der Waals surface area contributed by atoms with Gasteiger partial charge in [-0.15, -0.1) is 10.2 Å². The molecule has 2 N–H and O–H groups in total. The highest BCUT2D eigenvalue weighted by Crippen LogP contribution is 2.19. The van der Waals surface area contributed by atoms with Crippen molar-refractivity contribution >= 4 is 28.9 Å². The minimum absolute atomic E-state index is 0.0149. The third-order valence-corrected chi connectivity index (χ3v) is 3.74. The minimum atomic E-state index is -1.09. The van der Waals surface area contributed by atoms with Crippen LogP contribution >= 0.6 is 0 Å². The van der Waals surface area contributed by atoms with Gasteiger partial charge in [0.25, 0.3) is 5.91 Å². The van der Waals surface area contributed by atoms with Crippen molar-refractivity contribution in [2.75, 3.05) is 29.6 Å². The van der Waals surface area contributed by atoms with Gasteiger partial charge in [0.05, 0.1) is 0 Å². The Labute approximate surface area is 154 Å². The Morgan fingerprint density at radius 1 is 0.889 bits per heavy atom. The van der Waals surface area contributed by atoms with Gasteiger partial charge in [-0.1, -0.05) is 0 Å². The Bertz CT molecular complexity index is 943. The van der Waals surface area contributed by atoms with Crippen molar-refractivity contribution in [3.63, 3.8) is 0 Å². The molecule has 0 bridgehead atoms. The molecule has 0 aliphatic rings. The Kier molecular flexibility index (Phi) is 5.25. The molecule has 0 saturated heterocycles. The summed E-state index contributed by atoms with van der Waals surface area (Å²) < 4.78 is 26.1. The van der Waals surface area contributed by atoms with Crippen LogP contribution in [0.15, 0.2) is 54.6 Å². The van der Waals surface area contributed by atoms with E-state index in [4.69, 9.17) is 0 Å². The van der Waals surface area contributed by atoms with Crippen molar-refractivity contribution in [3.05, 3.63) is 71.8 Å². The molecule has 0 saturated carbocycles. The fourth-order valence-corrected chi connectivity index (χ4v) is 2.28. The van der Waals surface area contributed by atoms with Crippen LogP contribution in [0.5, 0.6) is 0 Å². The number of nitrogens with one attached hydrogen (secondary N) is 2. The summed E-state index contributed by atoms with van der Waals surface area (Å²) in [6, 6.07) is 13.9. The lowest BCUT2D eigenvalue weighted by molar-refractivity contribution is 0.102. The lowest BCUT2D eigenvalue weighted by Crippen LogP contribution is -2.14. The van der Waals surface area contributed by atoms with Gasteiger partial charge in [0.15, 0.2) is 23.3 Å². The summed E-state index contributed by atoms with van der Waals surface area (Å²) in [6.45, 7) is 0. The lowest BCUT2D eigenvalue weighted by atomic mass is 10.2. The van der Waals surface area contributed by atoms with Crippen molar-refractivity contribution < 1.29 is 13.6 Å². The summed E-state index contributed by atoms with van der Waals surface area (Å²) in [7, 11) is 3.92. The minimum Gasteiger partial charge on any atom is -0.378 e. The SMILES string of the molecule is CN(C)c1ccc(Nc2ccc(NC(=O)c3ccc(F)c(F)c3)nn2)cc1. The molecule has 3 aromatic rings. The van der Waals surface area contributed by atoms with Gasteiger partial charge in [-0.05, 0) is 54.6 Å². The monoisotopic (exact) mass is 369 g/mol. The molecule has 0 fully saturated rings. The van der Waals surface area contributed by atoms with Crippen LogP contribution in [0.2, 0.25) is 0 Å². The molecule has 0 atom stereocenters. The number of benzene rings is 2. The molecule has 1 aromatic heterocycles. The maximum absolute atomic E-state index is 13.2. The van der Waals surface area contributed by atoms with E-state index in [9.17, 15) is 13.6 Å². The molecule has 138 valence electrons. The number of carbonyl (C=O) groups excluding carboxylic acids is 1. The smallest absolute Gasteiger partial charge is 0.256 e. The van der Waals surface area contributed by atoms with E-state index in [1.54, 1.807) is 12.1 Å². The van der Waals surface area contributed by atoms with E-state index in [2.05, 4.69) is 20.8 Å². The summed E-state index contributed by atoms with van der Waals surface area (Å²) in [5.74, 6) is -2.02. The molecule has 0 radical (unpaired) electrons. The van der Waals surface area contributed by atoms with Crippen LogP contribution in [0.3, 0.4) is 0 Å². The summed E-state index contributed by atoms with van der Waals surface area (Å²) >= 11 is 0. The molecule has 8 heteroatoms. The molecule has 3 rings (SSSR count). The van der Waals surface area contributed by atoms with Crippen LogP contribution in [0, 0.1) is 11.6 Å². The van der Waals surface area contributed by atoms with Gasteiger partial charge in [0.1, 0.15) is 0 Å². The van der Waals surface area contributed by atoms with Gasteiger partial charge in [-0.3, -0.25) is 4.79 Å². The van der Waals surface area contributed by atoms with Crippen LogP contribution in [0.1, 0.15) is 10.4 Å². The predicted molar refractivity (Wildman–Crippen MR) is 100 cm³/mol. The van der Waals surface area contributed by atoms with Gasteiger partial charge < -0.3 is 15.5 Å². The summed E-state index contributed by atoms with van der Waals surface area (Å²) in [5.41, 5.74) is 1.90. The van der Waals surface area contributed by atoms with Crippen molar-refractivity contribution in [2.24, 2.45) is 0 Å². The highest BCUT2D eigenvalue weighted by atomic mass is 19.2. The molecule has 1 amide bonds. The normalized spacial score (nSPS) is 10.4. The van der Waals surface area contributed by atoms with E-state index in [-0.39, 0.29) is 11.4 Å². The van der Waals surface area contributed by atoms with Crippen LogP contribution in [0.25, 0.3) is 0 Å². The fourth-order valence-electron chi connectivity index (χ4n) is 2.28. The third-order valence-electron chi connectivity index (χ3n) is 3.74. The number of carbonyl (C=O) groups is 1. The van der Waals surface area contributed by atoms with Gasteiger partial charge in [-0.2, -0.15) is 0 Å². The van der Waals surface area contributed by atoms with Crippen molar-refractivity contribution in [3.8, 4) is 0 Å². The fraction of sp³-hybridized carbons (Fsp3) is 0.105. The molecule has 27 heavy (non-hydrogen) atoms. The van der Waals surface area contributed by atoms with Crippen LogP contribution < -0.4 is 15.5 Å². The Morgan fingerprint density at radius 2 is 1.56 bits per heavy atom. The number of rotatable bonds is 5. The van der Waals surface area contributed by atoms with Gasteiger partial charge in [0.2, 0.25) is 0 Å². The number of anilines is 4. The molecule has 0 aliphatic carbocycles. The quantitative estimate of drug-likeness (QED) is 0.716. The maximum atomic E-state index is 13.2. The van der Waals surface area contributed by atoms with E-state index in [0.717, 1.165) is 23.5 Å². The largest absolute Gasteiger partial charge is 0.378 e. The standard InChI is InChI=1S/C19H17F2N5O/c1-26(2)14-6-4-13(5-7-14)22-17-9-10-18(25-24-17)23-19(27)12-3-8-15(20)16(21)11-12/h3-11H,1-2H3,(H,22,24)(H,23,25,27). The first kappa shape index (κ1) is 18.2. The number of hydrogen-bond donors (Lipinski definition) is 2.